The summed E-state index contributed by atoms with van der Waals surface area (Å²) in [6.07, 6.45) is 9.01. The number of nitrogens with zero attached hydrogens (tertiary/aromatic N) is 3. The Morgan fingerprint density at radius 1 is 1.56 bits per heavy atom. The zero-order valence-corrected chi connectivity index (χ0v) is 11.8. The van der Waals surface area contributed by atoms with Gasteiger partial charge < -0.3 is 0 Å². The van der Waals surface area contributed by atoms with Crippen LogP contribution in [0.15, 0.2) is 28.3 Å². The predicted molar refractivity (Wildman–Crippen MR) is 81.5 cm³/mol. The Bertz CT molecular complexity index is 504. The summed E-state index contributed by atoms with van der Waals surface area (Å²) in [6.45, 7) is 4.14. The molecule has 1 aromatic rings. The van der Waals surface area contributed by atoms with Crippen molar-refractivity contribution in [2.24, 2.45) is 9.98 Å². The van der Waals surface area contributed by atoms with Crippen LogP contribution in [0.1, 0.15) is 37.9 Å². The lowest BCUT2D eigenvalue weighted by atomic mass is 10.1. The third-order valence-electron chi connectivity index (χ3n) is 2.75. The number of hydrogen-bond acceptors (Lipinski definition) is 3. The second-order valence-electron chi connectivity index (χ2n) is 4.08. The quantitative estimate of drug-likeness (QED) is 0.590. The molecule has 1 aliphatic rings. The van der Waals surface area contributed by atoms with Crippen LogP contribution in [-0.4, -0.2) is 17.2 Å². The lowest BCUT2D eigenvalue weighted by molar-refractivity contribution is 1.01. The molecule has 4 heteroatoms. The van der Waals surface area contributed by atoms with Gasteiger partial charge in [0.2, 0.25) is 0 Å². The Balaban J connectivity index is 2.36. The van der Waals surface area contributed by atoms with Crippen LogP contribution >= 0.6 is 8.58 Å². The Morgan fingerprint density at radius 2 is 2.44 bits per heavy atom. The number of unbranched alkanes of at least 4 members (excludes halogenated alkanes) is 1. The van der Waals surface area contributed by atoms with Crippen LogP contribution in [0.4, 0.5) is 5.69 Å². The third-order valence-corrected chi connectivity index (χ3v) is 3.65. The first kappa shape index (κ1) is 13.1. The maximum absolute atomic E-state index is 4.51. The van der Waals surface area contributed by atoms with Crippen molar-refractivity contribution in [3.8, 4) is 0 Å². The lowest BCUT2D eigenvalue weighted by Crippen LogP contribution is -1.95. The molecule has 1 aromatic heterocycles. The summed E-state index contributed by atoms with van der Waals surface area (Å²) in [5, 5.41) is 0. The predicted octanol–water partition coefficient (Wildman–Crippen LogP) is 4.17. The molecule has 94 valence electrons. The zero-order valence-electron chi connectivity index (χ0n) is 10.8. The Morgan fingerprint density at radius 3 is 3.22 bits per heavy atom. The second-order valence-corrected chi connectivity index (χ2v) is 5.10. The molecule has 18 heavy (non-hydrogen) atoms. The Hall–Kier alpha value is -1.34. The van der Waals surface area contributed by atoms with Crippen LogP contribution in [0.2, 0.25) is 0 Å². The van der Waals surface area contributed by atoms with Gasteiger partial charge in [0.05, 0.1) is 11.4 Å². The van der Waals surface area contributed by atoms with Gasteiger partial charge in [0, 0.05) is 18.4 Å². The van der Waals surface area contributed by atoms with Gasteiger partial charge in [0.1, 0.15) is 5.69 Å². The summed E-state index contributed by atoms with van der Waals surface area (Å²) in [4.78, 5) is 13.5. The van der Waals surface area contributed by atoms with E-state index >= 15 is 0 Å². The fraction of sp³-hybridized carbons (Fsp3) is 0.357. The highest BCUT2D eigenvalue weighted by Gasteiger charge is 2.13. The van der Waals surface area contributed by atoms with Gasteiger partial charge in [-0.25, -0.2) is 0 Å². The molecule has 0 bridgehead atoms. The van der Waals surface area contributed by atoms with Crippen LogP contribution < -0.4 is 0 Å². The molecule has 1 aliphatic heterocycles. The second kappa shape index (κ2) is 6.55. The summed E-state index contributed by atoms with van der Waals surface area (Å²) >= 11 is 0. The minimum absolute atomic E-state index is 0.783. The first-order valence-electron chi connectivity index (χ1n) is 6.29. The molecular weight excluding hydrogens is 241 g/mol. The van der Waals surface area contributed by atoms with E-state index in [0.717, 1.165) is 44.7 Å². The number of pyridine rings is 1. The highest BCUT2D eigenvalue weighted by atomic mass is 31.1. The third kappa shape index (κ3) is 2.91. The Kier molecular flexibility index (Phi) is 4.77. The normalized spacial score (nSPS) is 16.4. The van der Waals surface area contributed by atoms with E-state index in [1.54, 1.807) is 0 Å². The molecule has 0 spiro atoms. The maximum atomic E-state index is 4.51. The number of allylic oxidation sites excluding steroid dienone is 1. The maximum Gasteiger partial charge on any atom is 0.114 e. The van der Waals surface area contributed by atoms with Gasteiger partial charge in [0.25, 0.3) is 0 Å². The first-order chi connectivity index (χ1) is 8.86. The van der Waals surface area contributed by atoms with Crippen molar-refractivity contribution in [3.05, 3.63) is 29.6 Å². The van der Waals surface area contributed by atoms with E-state index in [2.05, 4.69) is 28.0 Å². The average molecular weight is 259 g/mol. The van der Waals surface area contributed by atoms with Crippen LogP contribution in [0, 0.1) is 0 Å². The molecule has 2 heterocycles. The van der Waals surface area contributed by atoms with Gasteiger partial charge in [-0.1, -0.05) is 28.0 Å². The fourth-order valence-corrected chi connectivity index (χ4v) is 2.62. The van der Waals surface area contributed by atoms with Crippen LogP contribution in [0.25, 0.3) is 5.70 Å². The van der Waals surface area contributed by atoms with Gasteiger partial charge in [0.15, 0.2) is 0 Å². The zero-order chi connectivity index (χ0) is 12.8. The largest absolute Gasteiger partial charge is 0.259 e. The molecule has 3 nitrogen and oxygen atoms in total. The summed E-state index contributed by atoms with van der Waals surface area (Å²) in [5.74, 6) is 2.00. The highest BCUT2D eigenvalue weighted by Crippen LogP contribution is 2.35. The van der Waals surface area contributed by atoms with E-state index in [1.165, 1.54) is 5.56 Å². The number of aliphatic imine (C=N–C) groups is 2. The van der Waals surface area contributed by atoms with Crippen molar-refractivity contribution >= 4 is 32.1 Å². The summed E-state index contributed by atoms with van der Waals surface area (Å²) in [5.41, 5.74) is 4.11. The molecule has 0 fully saturated rings. The molecule has 0 aliphatic carbocycles. The Labute approximate surface area is 110 Å². The molecule has 0 saturated heterocycles. The smallest absolute Gasteiger partial charge is 0.114 e. The van der Waals surface area contributed by atoms with E-state index in [-0.39, 0.29) is 0 Å². The van der Waals surface area contributed by atoms with Crippen molar-refractivity contribution in [1.29, 1.82) is 0 Å². The average Bonchev–Trinajstić information content (AvgIpc) is 2.43. The van der Waals surface area contributed by atoms with Gasteiger partial charge in [-0.05, 0) is 31.1 Å². The number of fused-ring (bicyclic) bond motifs is 1. The first-order valence-corrected chi connectivity index (χ1v) is 7.58. The van der Waals surface area contributed by atoms with Gasteiger partial charge in [-0.3, -0.25) is 15.0 Å². The monoisotopic (exact) mass is 259 g/mol. The summed E-state index contributed by atoms with van der Waals surface area (Å²) in [6, 6.07) is 2.06. The number of rotatable bonds is 4. The topological polar surface area (TPSA) is 37.6 Å². The SMILES string of the molecule is C/C=C(\N=CCCC)c1nccc2c1N=CPC2. The molecule has 0 aromatic carbocycles. The van der Waals surface area contributed by atoms with Crippen molar-refractivity contribution in [2.45, 2.75) is 32.9 Å². The summed E-state index contributed by atoms with van der Waals surface area (Å²) < 4.78 is 0. The molecule has 0 amide bonds. The van der Waals surface area contributed by atoms with Crippen molar-refractivity contribution < 1.29 is 0 Å². The van der Waals surface area contributed by atoms with Crippen LogP contribution in [0.3, 0.4) is 0 Å². The molecular formula is C14H18N3P. The minimum Gasteiger partial charge on any atom is -0.259 e. The van der Waals surface area contributed by atoms with Gasteiger partial charge >= 0.3 is 0 Å². The molecule has 2 rings (SSSR count). The molecule has 0 radical (unpaired) electrons. The van der Waals surface area contributed by atoms with E-state index in [4.69, 9.17) is 0 Å². The lowest BCUT2D eigenvalue weighted by Gasteiger charge is -2.13. The van der Waals surface area contributed by atoms with Crippen molar-refractivity contribution in [2.75, 3.05) is 0 Å². The van der Waals surface area contributed by atoms with Crippen molar-refractivity contribution in [3.63, 3.8) is 0 Å². The van der Waals surface area contributed by atoms with E-state index in [9.17, 15) is 0 Å². The fourth-order valence-electron chi connectivity index (χ4n) is 1.80. The minimum atomic E-state index is 0.783. The molecule has 0 N–H and O–H groups in total. The highest BCUT2D eigenvalue weighted by molar-refractivity contribution is 7.54. The van der Waals surface area contributed by atoms with Gasteiger partial charge in [-0.15, -0.1) is 0 Å². The van der Waals surface area contributed by atoms with E-state index in [1.807, 2.05) is 31.4 Å². The number of hydrogen-bond donors (Lipinski definition) is 0. The summed E-state index contributed by atoms with van der Waals surface area (Å²) in [7, 11) is 0.783. The van der Waals surface area contributed by atoms with Crippen LogP contribution in [0.5, 0.6) is 0 Å². The standard InChI is InChI=1S/C14H18N3P/c1-3-5-7-15-12(4-2)14-13-11(6-8-16-14)9-18-10-17-13/h4,6-8,10,18H,3,5,9H2,1-2H3/b12-4-,15-7?. The molecule has 1 unspecified atom stereocenters. The van der Waals surface area contributed by atoms with E-state index in [0.29, 0.717) is 0 Å². The molecule has 1 atom stereocenters. The van der Waals surface area contributed by atoms with Crippen molar-refractivity contribution in [1.82, 2.24) is 4.98 Å². The van der Waals surface area contributed by atoms with Crippen LogP contribution in [-0.2, 0) is 6.16 Å². The van der Waals surface area contributed by atoms with E-state index < -0.39 is 0 Å². The number of aromatic nitrogens is 1. The molecule has 0 saturated carbocycles. The van der Waals surface area contributed by atoms with Gasteiger partial charge in [-0.2, -0.15) is 0 Å².